The first kappa shape index (κ1) is 25.7. The van der Waals surface area contributed by atoms with Gasteiger partial charge in [-0.25, -0.2) is 9.18 Å². The van der Waals surface area contributed by atoms with Crippen molar-refractivity contribution in [3.63, 3.8) is 0 Å². The highest BCUT2D eigenvalue weighted by molar-refractivity contribution is 6.07. The smallest absolute Gasteiger partial charge is 0.354 e. The molecule has 184 valence electrons. The maximum Gasteiger partial charge on any atom is 0.354 e. The molecule has 0 saturated carbocycles. The lowest BCUT2D eigenvalue weighted by Crippen LogP contribution is -2.43. The number of halogens is 1. The van der Waals surface area contributed by atoms with E-state index in [1.807, 2.05) is 0 Å². The quantitative estimate of drug-likeness (QED) is 0.351. The third-order valence-corrected chi connectivity index (χ3v) is 6.25. The fraction of sp³-hybridized carbons (Fsp3) is 0.296. The van der Waals surface area contributed by atoms with Gasteiger partial charge in [0.05, 0.1) is 20.3 Å². The lowest BCUT2D eigenvalue weighted by Gasteiger charge is -2.29. The SMILES string of the molecule is COC(=O)c1c(C)c(C(=O)C(C)N(Cc2ccc(F)cc2)C(=O)c2cccc(OC)c2)c(C)n1C. The molecule has 1 unspecified atom stereocenters. The normalized spacial score (nSPS) is 11.6. The Morgan fingerprint density at radius 2 is 1.71 bits per heavy atom. The van der Waals surface area contributed by atoms with Gasteiger partial charge in [0.25, 0.3) is 5.91 Å². The van der Waals surface area contributed by atoms with E-state index in [9.17, 15) is 18.8 Å². The first-order chi connectivity index (χ1) is 16.6. The minimum atomic E-state index is -0.885. The van der Waals surface area contributed by atoms with Gasteiger partial charge in [-0.05, 0) is 62.2 Å². The number of esters is 1. The molecule has 2 aromatic carbocycles. The van der Waals surface area contributed by atoms with Crippen LogP contribution in [0.5, 0.6) is 5.75 Å². The summed E-state index contributed by atoms with van der Waals surface area (Å²) in [5.41, 5.74) is 2.74. The number of nitrogens with zero attached hydrogens (tertiary/aromatic N) is 2. The number of ether oxygens (including phenoxy) is 2. The molecule has 0 aliphatic carbocycles. The summed E-state index contributed by atoms with van der Waals surface area (Å²) in [7, 11) is 4.48. The van der Waals surface area contributed by atoms with E-state index in [1.54, 1.807) is 68.8 Å². The number of carbonyl (C=O) groups excluding carboxylic acids is 3. The zero-order valence-corrected chi connectivity index (χ0v) is 20.7. The Hall–Kier alpha value is -3.94. The van der Waals surface area contributed by atoms with E-state index in [2.05, 4.69) is 0 Å². The van der Waals surface area contributed by atoms with Gasteiger partial charge >= 0.3 is 5.97 Å². The molecule has 3 aromatic rings. The third kappa shape index (κ3) is 5.11. The Balaban J connectivity index is 2.05. The lowest BCUT2D eigenvalue weighted by molar-refractivity contribution is 0.0587. The highest BCUT2D eigenvalue weighted by Gasteiger charge is 2.33. The summed E-state index contributed by atoms with van der Waals surface area (Å²) in [6.45, 7) is 5.16. The molecule has 0 aliphatic rings. The van der Waals surface area contributed by atoms with E-state index in [-0.39, 0.29) is 23.9 Å². The minimum absolute atomic E-state index is 0.0814. The van der Waals surface area contributed by atoms with Crippen molar-refractivity contribution in [3.8, 4) is 5.75 Å². The van der Waals surface area contributed by atoms with Gasteiger partial charge in [0.1, 0.15) is 17.3 Å². The van der Waals surface area contributed by atoms with Crippen molar-refractivity contribution >= 4 is 17.7 Å². The van der Waals surface area contributed by atoms with Crippen LogP contribution in [0, 0.1) is 19.7 Å². The number of rotatable bonds is 8. The molecular weight excluding hydrogens is 451 g/mol. The van der Waals surface area contributed by atoms with Crippen LogP contribution in [0.1, 0.15) is 54.9 Å². The molecule has 35 heavy (non-hydrogen) atoms. The van der Waals surface area contributed by atoms with Crippen LogP contribution in [-0.2, 0) is 18.3 Å². The predicted octanol–water partition coefficient (Wildman–Crippen LogP) is 4.49. The van der Waals surface area contributed by atoms with Crippen LogP contribution in [-0.4, -0.2) is 47.4 Å². The minimum Gasteiger partial charge on any atom is -0.497 e. The summed E-state index contributed by atoms with van der Waals surface area (Å²) >= 11 is 0. The van der Waals surface area contributed by atoms with Crippen molar-refractivity contribution in [1.82, 2.24) is 9.47 Å². The third-order valence-electron chi connectivity index (χ3n) is 6.25. The summed E-state index contributed by atoms with van der Waals surface area (Å²) in [6, 6.07) is 11.6. The first-order valence-electron chi connectivity index (χ1n) is 11.1. The number of amides is 1. The lowest BCUT2D eigenvalue weighted by atomic mass is 9.98. The number of ketones is 1. The number of hydrogen-bond acceptors (Lipinski definition) is 5. The zero-order valence-electron chi connectivity index (χ0n) is 20.7. The molecule has 1 atom stereocenters. The van der Waals surface area contributed by atoms with Gasteiger partial charge in [0.2, 0.25) is 0 Å². The largest absolute Gasteiger partial charge is 0.497 e. The zero-order chi connectivity index (χ0) is 25.9. The van der Waals surface area contributed by atoms with Crippen molar-refractivity contribution in [1.29, 1.82) is 0 Å². The molecule has 3 rings (SSSR count). The fourth-order valence-corrected chi connectivity index (χ4v) is 4.17. The standard InChI is InChI=1S/C27H29FN2O5/c1-16-23(17(2)29(4)24(16)27(33)35-6)25(31)18(3)30(15-19-10-12-21(28)13-11-19)26(32)20-8-7-9-22(14-20)34-5/h7-14,18H,15H2,1-6H3. The van der Waals surface area contributed by atoms with Gasteiger partial charge in [-0.2, -0.15) is 0 Å². The van der Waals surface area contributed by atoms with Gasteiger partial charge in [-0.3, -0.25) is 9.59 Å². The Labute approximate surface area is 204 Å². The summed E-state index contributed by atoms with van der Waals surface area (Å²) in [4.78, 5) is 41.1. The van der Waals surface area contributed by atoms with Gasteiger partial charge in [-0.15, -0.1) is 0 Å². The fourth-order valence-electron chi connectivity index (χ4n) is 4.17. The van der Waals surface area contributed by atoms with E-state index in [1.165, 1.54) is 31.3 Å². The Bertz CT molecular complexity index is 1260. The molecule has 8 heteroatoms. The number of hydrogen-bond donors (Lipinski definition) is 0. The molecule has 0 radical (unpaired) electrons. The van der Waals surface area contributed by atoms with Gasteiger partial charge in [0.15, 0.2) is 5.78 Å². The van der Waals surface area contributed by atoms with Crippen molar-refractivity contribution < 1.29 is 28.2 Å². The maximum absolute atomic E-state index is 13.8. The van der Waals surface area contributed by atoms with Crippen molar-refractivity contribution in [2.45, 2.75) is 33.4 Å². The van der Waals surface area contributed by atoms with E-state index in [0.29, 0.717) is 33.7 Å². The van der Waals surface area contributed by atoms with Crippen LogP contribution in [0.15, 0.2) is 48.5 Å². The summed E-state index contributed by atoms with van der Waals surface area (Å²) in [5, 5.41) is 0. The average Bonchev–Trinajstić information content (AvgIpc) is 3.09. The molecule has 0 fully saturated rings. The van der Waals surface area contributed by atoms with Crippen LogP contribution in [0.2, 0.25) is 0 Å². The number of benzene rings is 2. The Kier molecular flexibility index (Phi) is 7.74. The summed E-state index contributed by atoms with van der Waals surface area (Å²) < 4.78 is 25.2. The molecular formula is C27H29FN2O5. The van der Waals surface area contributed by atoms with Crippen LogP contribution < -0.4 is 4.74 Å². The Morgan fingerprint density at radius 1 is 1.06 bits per heavy atom. The van der Waals surface area contributed by atoms with E-state index >= 15 is 0 Å². The Morgan fingerprint density at radius 3 is 2.31 bits per heavy atom. The highest BCUT2D eigenvalue weighted by atomic mass is 19.1. The van der Waals surface area contributed by atoms with Gasteiger partial charge < -0.3 is 18.9 Å². The molecule has 0 saturated heterocycles. The van der Waals surface area contributed by atoms with Crippen molar-refractivity contribution in [3.05, 3.63) is 88.0 Å². The second-order valence-corrected chi connectivity index (χ2v) is 8.32. The van der Waals surface area contributed by atoms with Crippen LogP contribution in [0.4, 0.5) is 4.39 Å². The number of Topliss-reactive ketones (excluding diaryl/α,β-unsaturated/α-hetero) is 1. The van der Waals surface area contributed by atoms with E-state index in [0.717, 1.165) is 0 Å². The second-order valence-electron chi connectivity index (χ2n) is 8.32. The molecule has 1 amide bonds. The van der Waals surface area contributed by atoms with Crippen molar-refractivity contribution in [2.75, 3.05) is 14.2 Å². The number of aromatic nitrogens is 1. The molecule has 7 nitrogen and oxygen atoms in total. The highest BCUT2D eigenvalue weighted by Crippen LogP contribution is 2.26. The molecule has 0 aliphatic heterocycles. The van der Waals surface area contributed by atoms with Crippen LogP contribution in [0.3, 0.4) is 0 Å². The topological polar surface area (TPSA) is 77.8 Å². The number of carbonyl (C=O) groups is 3. The molecule has 1 heterocycles. The van der Waals surface area contributed by atoms with E-state index < -0.39 is 17.8 Å². The maximum atomic E-state index is 13.8. The molecule has 1 aromatic heterocycles. The predicted molar refractivity (Wildman–Crippen MR) is 129 cm³/mol. The monoisotopic (exact) mass is 480 g/mol. The molecule has 0 bridgehead atoms. The number of methoxy groups -OCH3 is 2. The van der Waals surface area contributed by atoms with Crippen LogP contribution >= 0.6 is 0 Å². The molecule has 0 spiro atoms. The van der Waals surface area contributed by atoms with Gasteiger partial charge in [0, 0.05) is 30.4 Å². The summed E-state index contributed by atoms with van der Waals surface area (Å²) in [5.74, 6) is -1.13. The average molecular weight is 481 g/mol. The molecule has 0 N–H and O–H groups in total. The van der Waals surface area contributed by atoms with E-state index in [4.69, 9.17) is 9.47 Å². The second kappa shape index (κ2) is 10.5. The van der Waals surface area contributed by atoms with Crippen LogP contribution in [0.25, 0.3) is 0 Å². The first-order valence-corrected chi connectivity index (χ1v) is 11.1. The van der Waals surface area contributed by atoms with Gasteiger partial charge in [-0.1, -0.05) is 18.2 Å². The summed E-state index contributed by atoms with van der Waals surface area (Å²) in [6.07, 6.45) is 0. The van der Waals surface area contributed by atoms with Crippen molar-refractivity contribution in [2.24, 2.45) is 7.05 Å².